The second-order valence-corrected chi connectivity index (χ2v) is 6.32. The lowest BCUT2D eigenvalue weighted by atomic mass is 10.1. The van der Waals surface area contributed by atoms with Gasteiger partial charge in [0.25, 0.3) is 5.56 Å². The molecule has 1 aromatic heterocycles. The van der Waals surface area contributed by atoms with Crippen molar-refractivity contribution in [2.24, 2.45) is 0 Å². The number of H-pyrrole nitrogens is 1. The molecule has 0 radical (unpaired) electrons. The van der Waals surface area contributed by atoms with E-state index in [1.54, 1.807) is 25.1 Å². The summed E-state index contributed by atoms with van der Waals surface area (Å²) in [6.07, 6.45) is 0.929. The predicted molar refractivity (Wildman–Crippen MR) is 98.8 cm³/mol. The maximum absolute atomic E-state index is 12.2. The van der Waals surface area contributed by atoms with Gasteiger partial charge in [0.05, 0.1) is 0 Å². The highest BCUT2D eigenvalue weighted by molar-refractivity contribution is 5.91. The zero-order valence-corrected chi connectivity index (χ0v) is 14.3. The standard InChI is InChI=1S/C20H18N2O4/c1-12-8-14-4-2-13(9-16(14)22-20(12)24)3-7-19(23)21-15-5-6-17-18(10-15)26-11-25-17/h2,4-6,8-10H,3,7,11H2,1H3,(H,21,23)(H,22,24). The molecule has 26 heavy (non-hydrogen) atoms. The van der Waals surface area contributed by atoms with Gasteiger partial charge in [-0.15, -0.1) is 0 Å². The quantitative estimate of drug-likeness (QED) is 0.757. The van der Waals surface area contributed by atoms with E-state index in [1.807, 2.05) is 24.3 Å². The van der Waals surface area contributed by atoms with Crippen LogP contribution in [0.4, 0.5) is 5.69 Å². The van der Waals surface area contributed by atoms with Crippen molar-refractivity contribution in [1.82, 2.24) is 4.98 Å². The summed E-state index contributed by atoms with van der Waals surface area (Å²) in [5, 5.41) is 3.85. The first-order valence-corrected chi connectivity index (χ1v) is 8.40. The molecule has 2 heterocycles. The highest BCUT2D eigenvalue weighted by Crippen LogP contribution is 2.34. The zero-order valence-electron chi connectivity index (χ0n) is 14.3. The summed E-state index contributed by atoms with van der Waals surface area (Å²) in [7, 11) is 0. The molecule has 3 aromatic rings. The van der Waals surface area contributed by atoms with E-state index in [1.165, 1.54) is 0 Å². The Morgan fingerprint density at radius 2 is 1.96 bits per heavy atom. The zero-order chi connectivity index (χ0) is 18.1. The Labute approximate surface area is 149 Å². The molecule has 1 aliphatic heterocycles. The van der Waals surface area contributed by atoms with E-state index < -0.39 is 0 Å². The fraction of sp³-hybridized carbons (Fsp3) is 0.200. The topological polar surface area (TPSA) is 80.4 Å². The highest BCUT2D eigenvalue weighted by Gasteiger charge is 2.14. The average Bonchev–Trinajstić information content (AvgIpc) is 3.09. The van der Waals surface area contributed by atoms with Gasteiger partial charge in [-0.25, -0.2) is 0 Å². The number of carbonyl (C=O) groups is 1. The summed E-state index contributed by atoms with van der Waals surface area (Å²) >= 11 is 0. The van der Waals surface area contributed by atoms with Crippen LogP contribution in [-0.2, 0) is 11.2 Å². The van der Waals surface area contributed by atoms with Crippen LogP contribution in [0.1, 0.15) is 17.5 Å². The molecule has 1 amide bonds. The van der Waals surface area contributed by atoms with Crippen LogP contribution in [-0.4, -0.2) is 17.7 Å². The van der Waals surface area contributed by atoms with Gasteiger partial charge < -0.3 is 19.8 Å². The minimum Gasteiger partial charge on any atom is -0.454 e. The smallest absolute Gasteiger partial charge is 0.251 e. The Morgan fingerprint density at radius 3 is 2.85 bits per heavy atom. The van der Waals surface area contributed by atoms with Crippen molar-refractivity contribution in [3.8, 4) is 11.5 Å². The third kappa shape index (κ3) is 3.26. The van der Waals surface area contributed by atoms with Crippen LogP contribution < -0.4 is 20.3 Å². The molecule has 0 aliphatic carbocycles. The number of carbonyl (C=O) groups excluding carboxylic acids is 1. The van der Waals surface area contributed by atoms with Gasteiger partial charge in [0.1, 0.15) is 0 Å². The minimum atomic E-state index is -0.0878. The number of aryl methyl sites for hydroxylation is 2. The van der Waals surface area contributed by atoms with Crippen molar-refractivity contribution in [3.63, 3.8) is 0 Å². The van der Waals surface area contributed by atoms with Gasteiger partial charge in [0.2, 0.25) is 12.7 Å². The minimum absolute atomic E-state index is 0.0821. The lowest BCUT2D eigenvalue weighted by Crippen LogP contribution is -2.12. The fourth-order valence-electron chi connectivity index (χ4n) is 2.97. The number of aromatic amines is 1. The number of benzene rings is 2. The first-order valence-electron chi connectivity index (χ1n) is 8.40. The molecule has 2 aromatic carbocycles. The Balaban J connectivity index is 1.42. The number of rotatable bonds is 4. The number of nitrogens with one attached hydrogen (secondary N) is 2. The third-order valence-corrected chi connectivity index (χ3v) is 4.39. The van der Waals surface area contributed by atoms with Crippen molar-refractivity contribution in [1.29, 1.82) is 0 Å². The molecule has 1 aliphatic rings. The first kappa shape index (κ1) is 16.2. The van der Waals surface area contributed by atoms with Crippen molar-refractivity contribution >= 4 is 22.5 Å². The Hall–Kier alpha value is -3.28. The number of ether oxygens (including phenoxy) is 2. The molecule has 0 bridgehead atoms. The Bertz CT molecular complexity index is 1060. The maximum Gasteiger partial charge on any atom is 0.251 e. The van der Waals surface area contributed by atoms with Crippen LogP contribution in [0, 0.1) is 6.92 Å². The van der Waals surface area contributed by atoms with E-state index in [2.05, 4.69) is 10.3 Å². The molecule has 0 unspecified atom stereocenters. The molecule has 6 heteroatoms. The van der Waals surface area contributed by atoms with E-state index in [0.29, 0.717) is 35.6 Å². The van der Waals surface area contributed by atoms with Crippen LogP contribution in [0.25, 0.3) is 10.9 Å². The molecular weight excluding hydrogens is 332 g/mol. The number of hydrogen-bond donors (Lipinski definition) is 2. The molecule has 0 saturated carbocycles. The molecule has 132 valence electrons. The summed E-state index contributed by atoms with van der Waals surface area (Å²) < 4.78 is 10.6. The van der Waals surface area contributed by atoms with Crippen molar-refractivity contribution in [2.45, 2.75) is 19.8 Å². The molecule has 6 nitrogen and oxygen atoms in total. The van der Waals surface area contributed by atoms with E-state index in [-0.39, 0.29) is 18.3 Å². The summed E-state index contributed by atoms with van der Waals surface area (Å²) in [6.45, 7) is 1.99. The van der Waals surface area contributed by atoms with Gasteiger partial charge in [0.15, 0.2) is 11.5 Å². The normalized spacial score (nSPS) is 12.3. The van der Waals surface area contributed by atoms with E-state index >= 15 is 0 Å². The van der Waals surface area contributed by atoms with Crippen LogP contribution in [0.5, 0.6) is 11.5 Å². The summed E-state index contributed by atoms with van der Waals surface area (Å²) in [6, 6.07) is 13.0. The van der Waals surface area contributed by atoms with E-state index in [0.717, 1.165) is 16.5 Å². The lowest BCUT2D eigenvalue weighted by molar-refractivity contribution is -0.116. The predicted octanol–water partition coefficient (Wildman–Crippen LogP) is 3.14. The van der Waals surface area contributed by atoms with Crippen LogP contribution in [0.2, 0.25) is 0 Å². The number of amides is 1. The number of hydrogen-bond acceptors (Lipinski definition) is 4. The van der Waals surface area contributed by atoms with Gasteiger partial charge in [0, 0.05) is 29.3 Å². The number of aromatic nitrogens is 1. The lowest BCUT2D eigenvalue weighted by Gasteiger charge is -2.07. The highest BCUT2D eigenvalue weighted by atomic mass is 16.7. The van der Waals surface area contributed by atoms with Gasteiger partial charge in [-0.2, -0.15) is 0 Å². The van der Waals surface area contributed by atoms with Crippen LogP contribution in [0.15, 0.2) is 47.3 Å². The third-order valence-electron chi connectivity index (χ3n) is 4.39. The maximum atomic E-state index is 12.2. The second kappa shape index (κ2) is 6.55. The fourth-order valence-corrected chi connectivity index (χ4v) is 2.97. The van der Waals surface area contributed by atoms with Crippen molar-refractivity contribution < 1.29 is 14.3 Å². The molecule has 0 atom stereocenters. The molecule has 4 rings (SSSR count). The monoisotopic (exact) mass is 350 g/mol. The SMILES string of the molecule is Cc1cc2ccc(CCC(=O)Nc3ccc4c(c3)OCO4)cc2[nH]c1=O. The second-order valence-electron chi connectivity index (χ2n) is 6.32. The number of pyridine rings is 1. The van der Waals surface area contributed by atoms with Crippen molar-refractivity contribution in [3.05, 3.63) is 63.9 Å². The Morgan fingerprint density at radius 1 is 1.12 bits per heavy atom. The van der Waals surface area contributed by atoms with Crippen molar-refractivity contribution in [2.75, 3.05) is 12.1 Å². The molecule has 2 N–H and O–H groups in total. The van der Waals surface area contributed by atoms with E-state index in [9.17, 15) is 9.59 Å². The van der Waals surface area contributed by atoms with Crippen LogP contribution in [0.3, 0.4) is 0 Å². The molecule has 0 saturated heterocycles. The molecule has 0 spiro atoms. The van der Waals surface area contributed by atoms with E-state index in [4.69, 9.17) is 9.47 Å². The largest absolute Gasteiger partial charge is 0.454 e. The molecule has 0 fully saturated rings. The van der Waals surface area contributed by atoms with Gasteiger partial charge in [-0.05, 0) is 48.6 Å². The first-order chi connectivity index (χ1) is 12.6. The van der Waals surface area contributed by atoms with Gasteiger partial charge in [-0.1, -0.05) is 12.1 Å². The summed E-state index contributed by atoms with van der Waals surface area (Å²) in [4.78, 5) is 26.8. The summed E-state index contributed by atoms with van der Waals surface area (Å²) in [5.41, 5.74) is 3.06. The number of fused-ring (bicyclic) bond motifs is 2. The van der Waals surface area contributed by atoms with Gasteiger partial charge in [-0.3, -0.25) is 9.59 Å². The average molecular weight is 350 g/mol. The Kier molecular flexibility index (Phi) is 4.08. The van der Waals surface area contributed by atoms with Gasteiger partial charge >= 0.3 is 0 Å². The molecular formula is C20H18N2O4. The summed E-state index contributed by atoms with van der Waals surface area (Å²) in [5.74, 6) is 1.24. The van der Waals surface area contributed by atoms with Crippen LogP contribution >= 0.6 is 0 Å². The number of anilines is 1.